The number of carbonyl (C=O) groups excluding carboxylic acids is 3. The Morgan fingerprint density at radius 2 is 1.87 bits per heavy atom. The molecular formula is C27H22ClN3O7S. The van der Waals surface area contributed by atoms with Gasteiger partial charge >= 0.3 is 0 Å². The number of hydrogen-bond donors (Lipinski definition) is 1. The number of ether oxygens (including phenoxy) is 2. The number of hydrogen-bond acceptors (Lipinski definition) is 8. The van der Waals surface area contributed by atoms with Gasteiger partial charge in [0.1, 0.15) is 13.2 Å². The third kappa shape index (κ3) is 7.15. The van der Waals surface area contributed by atoms with Crippen LogP contribution in [0.5, 0.6) is 11.5 Å². The Kier molecular flexibility index (Phi) is 8.84. The SMILES string of the molecule is CCOc1cc(/C=C2/SC(=O)N(CC(=O)Nc3cccc(Cl)c3)C2=O)ccc1OCc1cccc([N+](=O)[O-])c1. The van der Waals surface area contributed by atoms with E-state index in [1.54, 1.807) is 61.5 Å². The Labute approximate surface area is 232 Å². The van der Waals surface area contributed by atoms with Gasteiger partial charge < -0.3 is 14.8 Å². The summed E-state index contributed by atoms with van der Waals surface area (Å²) >= 11 is 6.66. The first-order valence-electron chi connectivity index (χ1n) is 11.7. The number of non-ortho nitro benzene ring substituents is 1. The molecule has 1 heterocycles. The highest BCUT2D eigenvalue weighted by Crippen LogP contribution is 2.35. The van der Waals surface area contributed by atoms with Crippen LogP contribution in [0.25, 0.3) is 6.08 Å². The van der Waals surface area contributed by atoms with Gasteiger partial charge in [0.25, 0.3) is 16.8 Å². The fraction of sp³-hybridized carbons (Fsp3) is 0.148. The van der Waals surface area contributed by atoms with Crippen LogP contribution in [0.2, 0.25) is 5.02 Å². The molecule has 3 amide bonds. The highest BCUT2D eigenvalue weighted by Gasteiger charge is 2.36. The van der Waals surface area contributed by atoms with Crippen LogP contribution in [0.4, 0.5) is 16.2 Å². The van der Waals surface area contributed by atoms with Crippen LogP contribution in [0, 0.1) is 10.1 Å². The molecule has 0 aromatic heterocycles. The van der Waals surface area contributed by atoms with E-state index < -0.39 is 28.5 Å². The number of imide groups is 1. The van der Waals surface area contributed by atoms with Crippen LogP contribution >= 0.6 is 23.4 Å². The standard InChI is InChI=1S/C27H22ClN3O7S/c1-2-37-23-12-17(9-10-22(23)38-16-18-5-3-8-21(11-18)31(35)36)13-24-26(33)30(27(34)39-24)15-25(32)29-20-7-4-6-19(28)14-20/h3-14H,2,15-16H2,1H3,(H,29,32)/b24-13+. The van der Waals surface area contributed by atoms with Gasteiger partial charge in [0.05, 0.1) is 16.4 Å². The molecule has 12 heteroatoms. The predicted molar refractivity (Wildman–Crippen MR) is 148 cm³/mol. The first-order chi connectivity index (χ1) is 18.7. The molecule has 39 heavy (non-hydrogen) atoms. The quantitative estimate of drug-likeness (QED) is 0.182. The summed E-state index contributed by atoms with van der Waals surface area (Å²) in [6.45, 7) is 1.78. The molecule has 1 aliphatic heterocycles. The van der Waals surface area contributed by atoms with Crippen LogP contribution in [0.3, 0.4) is 0 Å². The van der Waals surface area contributed by atoms with Crippen molar-refractivity contribution in [2.24, 2.45) is 0 Å². The van der Waals surface area contributed by atoms with E-state index in [2.05, 4.69) is 5.32 Å². The summed E-state index contributed by atoms with van der Waals surface area (Å²) in [6.07, 6.45) is 1.53. The average Bonchev–Trinajstić information content (AvgIpc) is 3.15. The number of carbonyl (C=O) groups is 3. The molecule has 0 saturated carbocycles. The second-order valence-electron chi connectivity index (χ2n) is 8.18. The molecule has 1 aliphatic rings. The molecule has 0 aliphatic carbocycles. The lowest BCUT2D eigenvalue weighted by atomic mass is 10.1. The summed E-state index contributed by atoms with van der Waals surface area (Å²) in [5, 5.41) is 13.5. The molecule has 200 valence electrons. The van der Waals surface area contributed by atoms with Gasteiger partial charge in [0, 0.05) is 22.8 Å². The first kappa shape index (κ1) is 27.7. The van der Waals surface area contributed by atoms with Gasteiger partial charge in [-0.15, -0.1) is 0 Å². The molecule has 1 fully saturated rings. The highest BCUT2D eigenvalue weighted by atomic mass is 35.5. The maximum Gasteiger partial charge on any atom is 0.294 e. The number of nitro groups is 1. The summed E-state index contributed by atoms with van der Waals surface area (Å²) < 4.78 is 11.5. The Hall–Kier alpha value is -4.35. The van der Waals surface area contributed by atoms with Crippen LogP contribution in [0.1, 0.15) is 18.1 Å². The molecule has 10 nitrogen and oxygen atoms in total. The number of nitrogens with zero attached hydrogens (tertiary/aromatic N) is 2. The van der Waals surface area contributed by atoms with Gasteiger partial charge in [0.15, 0.2) is 11.5 Å². The first-order valence-corrected chi connectivity index (χ1v) is 12.9. The largest absolute Gasteiger partial charge is 0.490 e. The molecule has 0 radical (unpaired) electrons. The zero-order valence-electron chi connectivity index (χ0n) is 20.6. The molecule has 1 N–H and O–H groups in total. The predicted octanol–water partition coefficient (Wildman–Crippen LogP) is 5.90. The van der Waals surface area contributed by atoms with Crippen LogP contribution in [-0.4, -0.2) is 40.0 Å². The average molecular weight is 568 g/mol. The number of nitro benzene ring substituents is 1. The third-order valence-electron chi connectivity index (χ3n) is 5.36. The van der Waals surface area contributed by atoms with Crippen LogP contribution < -0.4 is 14.8 Å². The maximum atomic E-state index is 12.9. The normalized spacial score (nSPS) is 14.0. The summed E-state index contributed by atoms with van der Waals surface area (Å²) in [4.78, 5) is 49.3. The molecule has 0 spiro atoms. The van der Waals surface area contributed by atoms with Crippen molar-refractivity contribution < 1.29 is 28.8 Å². The summed E-state index contributed by atoms with van der Waals surface area (Å²) in [5.41, 5.74) is 1.61. The number of anilines is 1. The number of thioether (sulfide) groups is 1. The van der Waals surface area contributed by atoms with Crippen LogP contribution in [0.15, 0.2) is 71.6 Å². The van der Waals surface area contributed by atoms with Gasteiger partial charge in [-0.1, -0.05) is 35.9 Å². The lowest BCUT2D eigenvalue weighted by Crippen LogP contribution is -2.36. The summed E-state index contributed by atoms with van der Waals surface area (Å²) in [5.74, 6) is -0.317. The minimum atomic E-state index is -0.588. The van der Waals surface area contributed by atoms with E-state index in [1.165, 1.54) is 18.2 Å². The van der Waals surface area contributed by atoms with E-state index in [-0.39, 0.29) is 17.2 Å². The summed E-state index contributed by atoms with van der Waals surface area (Å²) in [7, 11) is 0. The zero-order chi connectivity index (χ0) is 27.9. The number of amides is 3. The van der Waals surface area contributed by atoms with Crippen molar-refractivity contribution in [3.05, 3.63) is 97.9 Å². The van der Waals surface area contributed by atoms with Gasteiger partial charge in [-0.05, 0) is 66.2 Å². The maximum absolute atomic E-state index is 12.9. The molecule has 4 rings (SSSR count). The minimum absolute atomic E-state index is 0.0348. The van der Waals surface area contributed by atoms with E-state index >= 15 is 0 Å². The number of rotatable bonds is 10. The van der Waals surface area contributed by atoms with Gasteiger partial charge in [-0.2, -0.15) is 0 Å². The van der Waals surface area contributed by atoms with Gasteiger partial charge in [-0.3, -0.25) is 29.4 Å². The lowest BCUT2D eigenvalue weighted by molar-refractivity contribution is -0.384. The van der Waals surface area contributed by atoms with Crippen molar-refractivity contribution in [1.82, 2.24) is 4.90 Å². The van der Waals surface area contributed by atoms with E-state index in [9.17, 15) is 24.5 Å². The fourth-order valence-corrected chi connectivity index (χ4v) is 4.65. The second kappa shape index (κ2) is 12.5. The monoisotopic (exact) mass is 567 g/mol. The molecule has 1 saturated heterocycles. The smallest absolute Gasteiger partial charge is 0.294 e. The fourth-order valence-electron chi connectivity index (χ4n) is 3.62. The Morgan fingerprint density at radius 3 is 2.62 bits per heavy atom. The molecule has 0 atom stereocenters. The molecular weight excluding hydrogens is 546 g/mol. The third-order valence-corrected chi connectivity index (χ3v) is 6.51. The van der Waals surface area contributed by atoms with Crippen molar-refractivity contribution in [3.8, 4) is 11.5 Å². The van der Waals surface area contributed by atoms with E-state index in [1.807, 2.05) is 0 Å². The number of halogens is 1. The molecule has 0 unspecified atom stereocenters. The molecule has 3 aromatic rings. The van der Waals surface area contributed by atoms with E-state index in [0.29, 0.717) is 39.9 Å². The van der Waals surface area contributed by atoms with Gasteiger partial charge in [0.2, 0.25) is 5.91 Å². The minimum Gasteiger partial charge on any atom is -0.490 e. The van der Waals surface area contributed by atoms with Gasteiger partial charge in [-0.25, -0.2) is 0 Å². The molecule has 3 aromatic carbocycles. The van der Waals surface area contributed by atoms with Crippen LogP contribution in [-0.2, 0) is 16.2 Å². The topological polar surface area (TPSA) is 128 Å². The van der Waals surface area contributed by atoms with E-state index in [0.717, 1.165) is 16.7 Å². The van der Waals surface area contributed by atoms with Crippen molar-refractivity contribution in [3.63, 3.8) is 0 Å². The van der Waals surface area contributed by atoms with Crippen molar-refractivity contribution in [2.75, 3.05) is 18.5 Å². The Balaban J connectivity index is 1.45. The van der Waals surface area contributed by atoms with Crippen molar-refractivity contribution in [2.45, 2.75) is 13.5 Å². The second-order valence-corrected chi connectivity index (χ2v) is 9.61. The van der Waals surface area contributed by atoms with Crippen molar-refractivity contribution >= 4 is 57.9 Å². The Bertz CT molecular complexity index is 1480. The number of benzene rings is 3. The Morgan fingerprint density at radius 1 is 1.08 bits per heavy atom. The summed E-state index contributed by atoms with van der Waals surface area (Å²) in [6, 6.07) is 17.6. The molecule has 0 bridgehead atoms. The van der Waals surface area contributed by atoms with Crippen molar-refractivity contribution in [1.29, 1.82) is 0 Å². The van der Waals surface area contributed by atoms with E-state index in [4.69, 9.17) is 21.1 Å². The lowest BCUT2D eigenvalue weighted by Gasteiger charge is -2.13. The number of nitrogens with one attached hydrogen (secondary N) is 1. The zero-order valence-corrected chi connectivity index (χ0v) is 22.2. The highest BCUT2D eigenvalue weighted by molar-refractivity contribution is 8.18.